The van der Waals surface area contributed by atoms with Crippen LogP contribution in [-0.4, -0.2) is 47.7 Å². The minimum atomic E-state index is -1.03. The Balaban J connectivity index is 2.29. The molecule has 0 radical (unpaired) electrons. The summed E-state index contributed by atoms with van der Waals surface area (Å²) in [6.07, 6.45) is 0.740. The van der Waals surface area contributed by atoms with Gasteiger partial charge in [-0.1, -0.05) is 25.1 Å². The van der Waals surface area contributed by atoms with Crippen LogP contribution in [-0.2, 0) is 16.0 Å². The molecule has 19 heavy (non-hydrogen) atoms. The third-order valence-corrected chi connectivity index (χ3v) is 3.30. The second-order valence-electron chi connectivity index (χ2n) is 4.44. The van der Waals surface area contributed by atoms with E-state index in [1.807, 2.05) is 19.1 Å². The van der Waals surface area contributed by atoms with Gasteiger partial charge in [0.25, 0.3) is 5.91 Å². The lowest BCUT2D eigenvalue weighted by molar-refractivity contribution is -0.147. The maximum absolute atomic E-state index is 12.5. The first-order valence-electron chi connectivity index (χ1n) is 6.34. The number of benzene rings is 1. The van der Waals surface area contributed by atoms with Crippen molar-refractivity contribution in [2.45, 2.75) is 19.4 Å². The van der Waals surface area contributed by atoms with Crippen molar-refractivity contribution in [3.05, 3.63) is 35.4 Å². The first-order chi connectivity index (χ1) is 9.15. The van der Waals surface area contributed by atoms with Gasteiger partial charge in [-0.2, -0.15) is 0 Å². The number of amides is 1. The summed E-state index contributed by atoms with van der Waals surface area (Å²) in [5.41, 5.74) is 1.52. The highest BCUT2D eigenvalue weighted by Crippen LogP contribution is 2.16. The molecular formula is C14H17NO4. The number of aryl methyl sites for hydroxylation is 1. The van der Waals surface area contributed by atoms with Gasteiger partial charge in [-0.05, 0) is 18.1 Å². The molecule has 102 valence electrons. The van der Waals surface area contributed by atoms with Gasteiger partial charge in [0.15, 0.2) is 6.04 Å². The number of carboxylic acids is 1. The molecule has 5 nitrogen and oxygen atoms in total. The average molecular weight is 263 g/mol. The second-order valence-corrected chi connectivity index (χ2v) is 4.44. The molecule has 1 amide bonds. The number of carbonyl (C=O) groups excluding carboxylic acids is 1. The first-order valence-corrected chi connectivity index (χ1v) is 6.34. The van der Waals surface area contributed by atoms with Gasteiger partial charge in [-0.15, -0.1) is 0 Å². The molecule has 5 heteroatoms. The summed E-state index contributed by atoms with van der Waals surface area (Å²) < 4.78 is 5.14. The van der Waals surface area contributed by atoms with Gasteiger partial charge >= 0.3 is 5.97 Å². The number of carbonyl (C=O) groups is 2. The van der Waals surface area contributed by atoms with E-state index in [1.165, 1.54) is 4.90 Å². The molecule has 1 fully saturated rings. The molecule has 2 rings (SSSR count). The van der Waals surface area contributed by atoms with Crippen molar-refractivity contribution in [3.8, 4) is 0 Å². The van der Waals surface area contributed by atoms with E-state index in [4.69, 9.17) is 9.84 Å². The Morgan fingerprint density at radius 3 is 2.84 bits per heavy atom. The number of rotatable bonds is 3. The maximum Gasteiger partial charge on any atom is 0.328 e. The van der Waals surface area contributed by atoms with Gasteiger partial charge in [0.1, 0.15) is 0 Å². The number of hydrogen-bond donors (Lipinski definition) is 1. The van der Waals surface area contributed by atoms with Crippen molar-refractivity contribution in [2.75, 3.05) is 19.8 Å². The molecule has 1 N–H and O–H groups in total. The van der Waals surface area contributed by atoms with E-state index in [0.29, 0.717) is 18.7 Å². The minimum Gasteiger partial charge on any atom is -0.480 e. The molecule has 1 atom stereocenters. The van der Waals surface area contributed by atoms with E-state index in [9.17, 15) is 9.59 Å². The van der Waals surface area contributed by atoms with Gasteiger partial charge in [0.05, 0.1) is 13.2 Å². The van der Waals surface area contributed by atoms with Crippen LogP contribution < -0.4 is 0 Å². The monoisotopic (exact) mass is 263 g/mol. The lowest BCUT2D eigenvalue weighted by Crippen LogP contribution is -2.52. The van der Waals surface area contributed by atoms with Gasteiger partial charge in [0.2, 0.25) is 0 Å². The van der Waals surface area contributed by atoms with Crippen LogP contribution in [0.5, 0.6) is 0 Å². The largest absolute Gasteiger partial charge is 0.480 e. The highest BCUT2D eigenvalue weighted by Gasteiger charge is 2.33. The molecule has 1 aliphatic heterocycles. The molecule has 1 heterocycles. The van der Waals surface area contributed by atoms with Crippen LogP contribution >= 0.6 is 0 Å². The smallest absolute Gasteiger partial charge is 0.328 e. The Hall–Kier alpha value is -1.88. The minimum absolute atomic E-state index is 0.0510. The Morgan fingerprint density at radius 1 is 1.42 bits per heavy atom. The van der Waals surface area contributed by atoms with Gasteiger partial charge in [0, 0.05) is 12.1 Å². The number of aliphatic carboxylic acids is 1. The van der Waals surface area contributed by atoms with Crippen molar-refractivity contribution >= 4 is 11.9 Å². The van der Waals surface area contributed by atoms with E-state index in [-0.39, 0.29) is 12.5 Å². The molecule has 0 unspecified atom stereocenters. The highest BCUT2D eigenvalue weighted by molar-refractivity contribution is 5.98. The zero-order chi connectivity index (χ0) is 13.8. The van der Waals surface area contributed by atoms with Crippen LogP contribution in [0.15, 0.2) is 24.3 Å². The third kappa shape index (κ3) is 2.76. The Morgan fingerprint density at radius 2 is 2.16 bits per heavy atom. The summed E-state index contributed by atoms with van der Waals surface area (Å²) in [6, 6.07) is 6.41. The number of ether oxygens (including phenoxy) is 1. The quantitative estimate of drug-likeness (QED) is 0.889. The van der Waals surface area contributed by atoms with Crippen molar-refractivity contribution in [3.63, 3.8) is 0 Å². The SMILES string of the molecule is CCc1ccccc1C(=O)N1CCOC[C@@H]1C(=O)O. The lowest BCUT2D eigenvalue weighted by Gasteiger charge is -2.33. The number of hydrogen-bond acceptors (Lipinski definition) is 3. The number of morpholine rings is 1. The molecule has 1 aliphatic rings. The van der Waals surface area contributed by atoms with Crippen LogP contribution in [0.1, 0.15) is 22.8 Å². The average Bonchev–Trinajstić information content (AvgIpc) is 2.46. The van der Waals surface area contributed by atoms with E-state index in [1.54, 1.807) is 12.1 Å². The zero-order valence-electron chi connectivity index (χ0n) is 10.8. The third-order valence-electron chi connectivity index (χ3n) is 3.30. The molecule has 1 saturated heterocycles. The summed E-state index contributed by atoms with van der Waals surface area (Å²) in [5, 5.41) is 9.16. The summed E-state index contributed by atoms with van der Waals surface area (Å²) in [4.78, 5) is 25.1. The number of carboxylic acid groups (broad SMARTS) is 1. The summed E-state index contributed by atoms with van der Waals surface area (Å²) in [7, 11) is 0. The Bertz CT molecular complexity index is 486. The molecule has 0 saturated carbocycles. The standard InChI is InChI=1S/C14H17NO4/c1-2-10-5-3-4-6-11(10)13(16)15-7-8-19-9-12(15)14(17)18/h3-6,12H,2,7-9H2,1H3,(H,17,18)/t12-/m1/s1. The van der Waals surface area contributed by atoms with Crippen molar-refractivity contribution < 1.29 is 19.4 Å². The van der Waals surface area contributed by atoms with Gasteiger partial charge in [-0.25, -0.2) is 4.79 Å². The van der Waals surface area contributed by atoms with Gasteiger partial charge in [-0.3, -0.25) is 4.79 Å². The Kier molecular flexibility index (Phi) is 4.16. The fraction of sp³-hybridized carbons (Fsp3) is 0.429. The predicted molar refractivity (Wildman–Crippen MR) is 69.1 cm³/mol. The van der Waals surface area contributed by atoms with Crippen LogP contribution in [0.25, 0.3) is 0 Å². The highest BCUT2D eigenvalue weighted by atomic mass is 16.5. The molecule has 1 aromatic rings. The summed E-state index contributed by atoms with van der Waals surface area (Å²) in [6.45, 7) is 2.72. The molecule has 0 aromatic heterocycles. The topological polar surface area (TPSA) is 66.8 Å². The van der Waals surface area contributed by atoms with Crippen molar-refractivity contribution in [2.24, 2.45) is 0 Å². The molecule has 0 spiro atoms. The fourth-order valence-electron chi connectivity index (χ4n) is 2.24. The summed E-state index contributed by atoms with van der Waals surface area (Å²) >= 11 is 0. The molecule has 0 bridgehead atoms. The van der Waals surface area contributed by atoms with E-state index in [0.717, 1.165) is 12.0 Å². The zero-order valence-corrected chi connectivity index (χ0v) is 10.8. The van der Waals surface area contributed by atoms with Crippen molar-refractivity contribution in [1.82, 2.24) is 4.90 Å². The van der Waals surface area contributed by atoms with E-state index < -0.39 is 12.0 Å². The fourth-order valence-corrected chi connectivity index (χ4v) is 2.24. The summed E-state index contributed by atoms with van der Waals surface area (Å²) in [5.74, 6) is -1.25. The molecule has 0 aliphatic carbocycles. The van der Waals surface area contributed by atoms with Crippen LogP contribution in [0.2, 0.25) is 0 Å². The van der Waals surface area contributed by atoms with Crippen LogP contribution in [0, 0.1) is 0 Å². The van der Waals surface area contributed by atoms with Crippen molar-refractivity contribution in [1.29, 1.82) is 0 Å². The lowest BCUT2D eigenvalue weighted by atomic mass is 10.0. The van der Waals surface area contributed by atoms with E-state index in [2.05, 4.69) is 0 Å². The predicted octanol–water partition coefficient (Wildman–Crippen LogP) is 1.17. The second kappa shape index (κ2) is 5.84. The molecular weight excluding hydrogens is 246 g/mol. The molecule has 1 aromatic carbocycles. The van der Waals surface area contributed by atoms with Gasteiger partial charge < -0.3 is 14.7 Å². The maximum atomic E-state index is 12.5. The normalized spacial score (nSPS) is 19.2. The van der Waals surface area contributed by atoms with E-state index >= 15 is 0 Å². The van der Waals surface area contributed by atoms with Crippen LogP contribution in [0.4, 0.5) is 0 Å². The first kappa shape index (κ1) is 13.5. The van der Waals surface area contributed by atoms with Crippen LogP contribution in [0.3, 0.4) is 0 Å². The number of nitrogens with zero attached hydrogens (tertiary/aromatic N) is 1. The Labute approximate surface area is 111 Å².